The summed E-state index contributed by atoms with van der Waals surface area (Å²) in [5, 5.41) is 0. The molecule has 6 rings (SSSR count). The molecule has 2 aromatic heterocycles. The van der Waals surface area contributed by atoms with Crippen molar-refractivity contribution in [3.63, 3.8) is 0 Å². The van der Waals surface area contributed by atoms with E-state index >= 15 is 0 Å². The SMILES string of the molecule is COc1ccc(CN2C3CC2CN(c2ccc(B4OC(C)(C)C(C)(C)O4)nc2)C3)cn1. The molecule has 0 aliphatic carbocycles. The van der Waals surface area contributed by atoms with Crippen LogP contribution in [0.1, 0.15) is 39.7 Å². The number of hydrogen-bond acceptors (Lipinski definition) is 7. The molecule has 2 atom stereocenters. The van der Waals surface area contributed by atoms with Crippen LogP contribution < -0.4 is 15.2 Å². The molecule has 2 unspecified atom stereocenters. The maximum atomic E-state index is 6.13. The summed E-state index contributed by atoms with van der Waals surface area (Å²) in [6.07, 6.45) is 5.14. The third-order valence-corrected chi connectivity index (χ3v) is 7.35. The largest absolute Gasteiger partial charge is 0.514 e. The van der Waals surface area contributed by atoms with E-state index in [0.717, 1.165) is 25.2 Å². The lowest BCUT2D eigenvalue weighted by Crippen LogP contribution is -2.68. The first-order valence-electron chi connectivity index (χ1n) is 11.1. The summed E-state index contributed by atoms with van der Waals surface area (Å²) in [4.78, 5) is 14.1. The van der Waals surface area contributed by atoms with E-state index in [1.165, 1.54) is 17.7 Å². The van der Waals surface area contributed by atoms with E-state index in [1.54, 1.807) is 7.11 Å². The van der Waals surface area contributed by atoms with Crippen molar-refractivity contribution in [2.24, 2.45) is 0 Å². The quantitative estimate of drug-likeness (QED) is 0.685. The molecule has 4 aliphatic rings. The van der Waals surface area contributed by atoms with Gasteiger partial charge in [-0.2, -0.15) is 0 Å². The molecule has 4 aliphatic heterocycles. The Labute approximate surface area is 184 Å². The molecule has 7 nitrogen and oxygen atoms in total. The normalized spacial score (nSPS) is 26.6. The highest BCUT2D eigenvalue weighted by Gasteiger charge is 2.52. The maximum Gasteiger partial charge on any atom is 0.514 e. The van der Waals surface area contributed by atoms with Crippen molar-refractivity contribution in [2.75, 3.05) is 25.1 Å². The minimum atomic E-state index is -0.414. The minimum absolute atomic E-state index is 0.352. The number of rotatable bonds is 5. The first kappa shape index (κ1) is 20.7. The van der Waals surface area contributed by atoms with Crippen LogP contribution in [0.2, 0.25) is 0 Å². The van der Waals surface area contributed by atoms with Crippen LogP contribution in [0.15, 0.2) is 36.7 Å². The molecular weight excluding hydrogens is 391 g/mol. The van der Waals surface area contributed by atoms with Crippen LogP contribution in [0.3, 0.4) is 0 Å². The fraction of sp³-hybridized carbons (Fsp3) is 0.565. The number of ether oxygens (including phenoxy) is 1. The summed E-state index contributed by atoms with van der Waals surface area (Å²) in [7, 11) is 1.23. The molecule has 0 spiro atoms. The second-order valence-electron chi connectivity index (χ2n) is 9.86. The number of piperazine rings is 1. The van der Waals surface area contributed by atoms with Crippen LogP contribution in [0.25, 0.3) is 0 Å². The molecule has 0 saturated carbocycles. The van der Waals surface area contributed by atoms with Crippen molar-refractivity contribution < 1.29 is 14.0 Å². The van der Waals surface area contributed by atoms with Crippen LogP contribution in [-0.2, 0) is 15.9 Å². The van der Waals surface area contributed by atoms with E-state index in [2.05, 4.69) is 59.6 Å². The molecule has 0 N–H and O–H groups in total. The molecule has 6 heterocycles. The van der Waals surface area contributed by atoms with Gasteiger partial charge in [0.1, 0.15) is 0 Å². The molecule has 4 fully saturated rings. The Morgan fingerprint density at radius 2 is 1.71 bits per heavy atom. The van der Waals surface area contributed by atoms with E-state index in [9.17, 15) is 0 Å². The second kappa shape index (κ2) is 7.47. The van der Waals surface area contributed by atoms with Gasteiger partial charge in [0.25, 0.3) is 0 Å². The zero-order valence-electron chi connectivity index (χ0n) is 19.0. The molecule has 4 saturated heterocycles. The fourth-order valence-electron chi connectivity index (χ4n) is 4.68. The predicted octanol–water partition coefficient (Wildman–Crippen LogP) is 2.25. The Morgan fingerprint density at radius 3 is 2.26 bits per heavy atom. The van der Waals surface area contributed by atoms with Gasteiger partial charge in [-0.3, -0.25) is 9.88 Å². The molecule has 0 amide bonds. The van der Waals surface area contributed by atoms with E-state index in [1.807, 2.05) is 24.5 Å². The van der Waals surface area contributed by atoms with Crippen molar-refractivity contribution in [3.8, 4) is 5.88 Å². The molecule has 0 radical (unpaired) electrons. The molecule has 31 heavy (non-hydrogen) atoms. The van der Waals surface area contributed by atoms with Gasteiger partial charge in [0, 0.05) is 50.2 Å². The number of methoxy groups -OCH3 is 1. The monoisotopic (exact) mass is 422 g/mol. The first-order valence-corrected chi connectivity index (χ1v) is 11.1. The average molecular weight is 422 g/mol. The number of aromatic nitrogens is 2. The van der Waals surface area contributed by atoms with Gasteiger partial charge in [0.2, 0.25) is 5.88 Å². The lowest BCUT2D eigenvalue weighted by Gasteiger charge is -2.57. The van der Waals surface area contributed by atoms with E-state index in [-0.39, 0.29) is 11.2 Å². The standard InChI is InChI=1S/C23H31BN4O3/c1-22(2)23(3,4)31-24(30-22)20-8-7-17(12-25-20)27-14-18-10-19(15-27)28(18)13-16-6-9-21(29-5)26-11-16/h6-9,11-12,18-19H,10,13-15H2,1-5H3. The van der Waals surface area contributed by atoms with Crippen molar-refractivity contribution in [1.29, 1.82) is 0 Å². The van der Waals surface area contributed by atoms with E-state index in [0.29, 0.717) is 18.0 Å². The van der Waals surface area contributed by atoms with Crippen molar-refractivity contribution >= 4 is 18.4 Å². The number of nitrogens with zero attached hydrogens (tertiary/aromatic N) is 4. The molecular formula is C23H31BN4O3. The van der Waals surface area contributed by atoms with Gasteiger partial charge in [-0.25, -0.2) is 4.98 Å². The molecule has 0 aromatic carbocycles. The van der Waals surface area contributed by atoms with Gasteiger partial charge < -0.3 is 18.9 Å². The number of pyridine rings is 2. The van der Waals surface area contributed by atoms with Gasteiger partial charge in [0.05, 0.1) is 29.6 Å². The third-order valence-electron chi connectivity index (χ3n) is 7.35. The minimum Gasteiger partial charge on any atom is -0.481 e. The summed E-state index contributed by atoms with van der Waals surface area (Å²) in [6.45, 7) is 11.3. The molecule has 2 bridgehead atoms. The smallest absolute Gasteiger partial charge is 0.481 e. The number of piperidine rings is 1. The number of anilines is 1. The Bertz CT molecular complexity index is 907. The highest BCUT2D eigenvalue weighted by atomic mass is 16.7. The fourth-order valence-corrected chi connectivity index (χ4v) is 4.68. The zero-order valence-corrected chi connectivity index (χ0v) is 19.0. The third kappa shape index (κ3) is 3.71. The molecule has 164 valence electrons. The summed E-state index contributed by atoms with van der Waals surface area (Å²) >= 11 is 0. The second-order valence-corrected chi connectivity index (χ2v) is 9.86. The van der Waals surface area contributed by atoms with E-state index in [4.69, 9.17) is 14.0 Å². The summed E-state index contributed by atoms with van der Waals surface area (Å²) in [5.74, 6) is 0.662. The van der Waals surface area contributed by atoms with Crippen LogP contribution >= 0.6 is 0 Å². The van der Waals surface area contributed by atoms with Crippen molar-refractivity contribution in [1.82, 2.24) is 14.9 Å². The van der Waals surface area contributed by atoms with E-state index < -0.39 is 7.12 Å². The molecule has 2 aromatic rings. The van der Waals surface area contributed by atoms with Gasteiger partial charge in [-0.05, 0) is 51.8 Å². The zero-order chi connectivity index (χ0) is 21.8. The Morgan fingerprint density at radius 1 is 1.00 bits per heavy atom. The Kier molecular flexibility index (Phi) is 4.99. The summed E-state index contributed by atoms with van der Waals surface area (Å²) in [6, 6.07) is 9.38. The number of hydrogen-bond donors (Lipinski definition) is 0. The van der Waals surface area contributed by atoms with Crippen molar-refractivity contribution in [3.05, 3.63) is 42.2 Å². The maximum absolute atomic E-state index is 6.13. The van der Waals surface area contributed by atoms with Crippen LogP contribution in [0.4, 0.5) is 5.69 Å². The Hall–Kier alpha value is -2.16. The first-order chi connectivity index (χ1) is 14.8. The van der Waals surface area contributed by atoms with Gasteiger partial charge in [0.15, 0.2) is 0 Å². The number of fused-ring (bicyclic) bond motifs is 2. The summed E-state index contributed by atoms with van der Waals surface area (Å²) < 4.78 is 17.4. The van der Waals surface area contributed by atoms with Gasteiger partial charge in [-0.1, -0.05) is 6.07 Å². The average Bonchev–Trinajstić information content (AvgIpc) is 2.99. The van der Waals surface area contributed by atoms with Crippen LogP contribution in [-0.4, -0.2) is 65.5 Å². The lowest BCUT2D eigenvalue weighted by atomic mass is 9.84. The molecule has 8 heteroatoms. The van der Waals surface area contributed by atoms with Crippen LogP contribution in [0.5, 0.6) is 5.88 Å². The predicted molar refractivity (Wildman–Crippen MR) is 121 cm³/mol. The highest BCUT2D eigenvalue weighted by molar-refractivity contribution is 6.61. The van der Waals surface area contributed by atoms with Crippen LogP contribution in [0, 0.1) is 0 Å². The topological polar surface area (TPSA) is 60.0 Å². The summed E-state index contributed by atoms with van der Waals surface area (Å²) in [5.41, 5.74) is 2.53. The lowest BCUT2D eigenvalue weighted by molar-refractivity contribution is -0.00853. The highest BCUT2D eigenvalue weighted by Crippen LogP contribution is 2.37. The van der Waals surface area contributed by atoms with Gasteiger partial charge >= 0.3 is 7.12 Å². The van der Waals surface area contributed by atoms with Crippen molar-refractivity contribution in [2.45, 2.75) is 63.9 Å². The van der Waals surface area contributed by atoms with Gasteiger partial charge in [-0.15, -0.1) is 0 Å². The Balaban J connectivity index is 1.20.